The number of anilines is 1. The average molecular weight is 502 g/mol. The first-order valence-electron chi connectivity index (χ1n) is 12.1. The molecule has 1 aliphatic rings. The maximum atomic E-state index is 13.7. The first-order valence-corrected chi connectivity index (χ1v) is 12.1. The van der Waals surface area contributed by atoms with E-state index in [1.54, 1.807) is 18.5 Å². The standard InChI is InChI=1S/C25H27N9O3/c1-4-5-13-33-21-22(29-24(33)27-17-9-8-12-32(14-17)30-37)31(3)25(36)34(23(21)35)15-20-26-16(2)18-10-6-7-11-19(18)28-20/h6-7,10-11,17H,8-9,12-15H2,1-3H3,(H,27,29)/t17-/m1/s1. The van der Waals surface area contributed by atoms with Crippen LogP contribution < -0.4 is 16.6 Å². The molecule has 190 valence electrons. The molecule has 12 nitrogen and oxygen atoms in total. The van der Waals surface area contributed by atoms with Gasteiger partial charge >= 0.3 is 5.69 Å². The third kappa shape index (κ3) is 4.44. The van der Waals surface area contributed by atoms with Crippen molar-refractivity contribution < 1.29 is 0 Å². The zero-order valence-electron chi connectivity index (χ0n) is 20.9. The Morgan fingerprint density at radius 2 is 1.97 bits per heavy atom. The highest BCUT2D eigenvalue weighted by molar-refractivity contribution is 5.80. The van der Waals surface area contributed by atoms with Gasteiger partial charge in [0, 0.05) is 30.7 Å². The summed E-state index contributed by atoms with van der Waals surface area (Å²) in [6, 6.07) is 7.52. The van der Waals surface area contributed by atoms with Crippen LogP contribution in [0.1, 0.15) is 31.3 Å². The summed E-state index contributed by atoms with van der Waals surface area (Å²) in [4.78, 5) is 51.8. The van der Waals surface area contributed by atoms with Crippen molar-refractivity contribution in [3.05, 3.63) is 61.5 Å². The molecule has 0 bridgehead atoms. The van der Waals surface area contributed by atoms with Crippen molar-refractivity contribution >= 4 is 28.0 Å². The van der Waals surface area contributed by atoms with Crippen LogP contribution in [0.25, 0.3) is 22.1 Å². The van der Waals surface area contributed by atoms with Gasteiger partial charge in [-0.3, -0.25) is 23.5 Å². The Hall–Kier alpha value is -4.53. The van der Waals surface area contributed by atoms with E-state index >= 15 is 0 Å². The highest BCUT2D eigenvalue weighted by Crippen LogP contribution is 2.20. The van der Waals surface area contributed by atoms with Gasteiger partial charge in [0.2, 0.25) is 5.95 Å². The van der Waals surface area contributed by atoms with Crippen LogP contribution in [0.4, 0.5) is 5.95 Å². The molecule has 1 saturated heterocycles. The second kappa shape index (κ2) is 9.85. The SMILES string of the molecule is CC#CCn1c(N[C@@H]2CCCN(N=O)C2)nc2c1c(=O)n(Cc1nc(C)c3ccccc3n1)c(=O)n2C. The zero-order chi connectivity index (χ0) is 26.1. The molecule has 0 saturated carbocycles. The van der Waals surface area contributed by atoms with Crippen molar-refractivity contribution in [1.29, 1.82) is 0 Å². The first-order chi connectivity index (χ1) is 17.9. The largest absolute Gasteiger partial charge is 0.351 e. The predicted octanol–water partition coefficient (Wildman–Crippen LogP) is 1.78. The summed E-state index contributed by atoms with van der Waals surface area (Å²) in [5, 5.41) is 8.77. The van der Waals surface area contributed by atoms with Crippen molar-refractivity contribution in [2.75, 3.05) is 18.4 Å². The Bertz CT molecular complexity index is 1690. The van der Waals surface area contributed by atoms with E-state index in [1.807, 2.05) is 31.2 Å². The monoisotopic (exact) mass is 501 g/mol. The lowest BCUT2D eigenvalue weighted by atomic mass is 10.1. The van der Waals surface area contributed by atoms with Gasteiger partial charge in [0.25, 0.3) is 5.56 Å². The van der Waals surface area contributed by atoms with Gasteiger partial charge in [-0.1, -0.05) is 24.1 Å². The number of piperidine rings is 1. The Kier molecular flexibility index (Phi) is 6.43. The molecule has 0 spiro atoms. The van der Waals surface area contributed by atoms with Gasteiger partial charge in [0.15, 0.2) is 11.2 Å². The summed E-state index contributed by atoms with van der Waals surface area (Å²) < 4.78 is 4.17. The number of aromatic nitrogens is 6. The van der Waals surface area contributed by atoms with Crippen LogP contribution in [0.3, 0.4) is 0 Å². The molecule has 0 aliphatic carbocycles. The van der Waals surface area contributed by atoms with E-state index in [9.17, 15) is 14.5 Å². The minimum Gasteiger partial charge on any atom is -0.351 e. The Balaban J connectivity index is 1.62. The van der Waals surface area contributed by atoms with Crippen LogP contribution in [0.5, 0.6) is 0 Å². The number of nitrogens with one attached hydrogen (secondary N) is 1. The highest BCUT2D eigenvalue weighted by Gasteiger charge is 2.25. The number of para-hydroxylation sites is 1. The van der Waals surface area contributed by atoms with Gasteiger partial charge in [-0.15, -0.1) is 10.8 Å². The normalized spacial score (nSPS) is 15.5. The molecule has 4 aromatic rings. The van der Waals surface area contributed by atoms with Crippen LogP contribution in [-0.2, 0) is 20.1 Å². The van der Waals surface area contributed by atoms with E-state index in [0.717, 1.165) is 34.0 Å². The number of rotatable bonds is 6. The topological polar surface area (TPSA) is 132 Å². The fourth-order valence-corrected chi connectivity index (χ4v) is 4.77. The third-order valence-corrected chi connectivity index (χ3v) is 6.63. The highest BCUT2D eigenvalue weighted by atomic mass is 16.3. The zero-order valence-corrected chi connectivity index (χ0v) is 20.9. The minimum atomic E-state index is -0.515. The van der Waals surface area contributed by atoms with E-state index in [1.165, 1.54) is 9.58 Å². The molecular formula is C25H27N9O3. The number of aryl methyl sites for hydroxylation is 2. The Labute approximate surface area is 211 Å². The van der Waals surface area contributed by atoms with Crippen LogP contribution in [0.15, 0.2) is 39.1 Å². The van der Waals surface area contributed by atoms with Crippen molar-refractivity contribution in [3.63, 3.8) is 0 Å². The molecule has 1 atom stereocenters. The fraction of sp³-hybridized carbons (Fsp3) is 0.400. The van der Waals surface area contributed by atoms with Gasteiger partial charge < -0.3 is 5.32 Å². The molecule has 0 unspecified atom stereocenters. The Morgan fingerprint density at radius 3 is 2.76 bits per heavy atom. The summed E-state index contributed by atoms with van der Waals surface area (Å²) in [7, 11) is 1.58. The van der Waals surface area contributed by atoms with Crippen molar-refractivity contribution in [3.8, 4) is 11.8 Å². The van der Waals surface area contributed by atoms with Crippen molar-refractivity contribution in [1.82, 2.24) is 33.7 Å². The maximum Gasteiger partial charge on any atom is 0.332 e. The lowest BCUT2D eigenvalue weighted by Gasteiger charge is -2.29. The molecule has 5 rings (SSSR count). The van der Waals surface area contributed by atoms with E-state index in [2.05, 4.69) is 37.4 Å². The molecule has 4 heterocycles. The average Bonchev–Trinajstić information content (AvgIpc) is 3.26. The van der Waals surface area contributed by atoms with Gasteiger partial charge in [0.1, 0.15) is 5.82 Å². The number of nitrogens with zero attached hydrogens (tertiary/aromatic N) is 8. The van der Waals surface area contributed by atoms with Crippen LogP contribution >= 0.6 is 0 Å². The molecule has 1 N–H and O–H groups in total. The lowest BCUT2D eigenvalue weighted by molar-refractivity contribution is 0.222. The molecule has 3 aromatic heterocycles. The minimum absolute atomic E-state index is 0.0802. The van der Waals surface area contributed by atoms with E-state index < -0.39 is 11.2 Å². The van der Waals surface area contributed by atoms with E-state index in [-0.39, 0.29) is 30.3 Å². The summed E-state index contributed by atoms with van der Waals surface area (Å²) in [6.45, 7) is 4.75. The number of hydrogen-bond donors (Lipinski definition) is 1. The number of fused-ring (bicyclic) bond motifs is 2. The smallest absolute Gasteiger partial charge is 0.332 e. The second-order valence-corrected chi connectivity index (χ2v) is 9.07. The van der Waals surface area contributed by atoms with E-state index in [0.29, 0.717) is 24.9 Å². The molecule has 1 aromatic carbocycles. The number of benzene rings is 1. The summed E-state index contributed by atoms with van der Waals surface area (Å²) in [5.41, 5.74) is 1.02. The molecule has 12 heteroatoms. The fourth-order valence-electron chi connectivity index (χ4n) is 4.77. The Morgan fingerprint density at radius 1 is 1.16 bits per heavy atom. The molecule has 1 fully saturated rings. The predicted molar refractivity (Wildman–Crippen MR) is 140 cm³/mol. The van der Waals surface area contributed by atoms with Crippen LogP contribution in [-0.4, -0.2) is 52.8 Å². The summed E-state index contributed by atoms with van der Waals surface area (Å²) >= 11 is 0. The maximum absolute atomic E-state index is 13.7. The van der Waals surface area contributed by atoms with Crippen molar-refractivity contribution in [2.24, 2.45) is 12.3 Å². The first kappa shape index (κ1) is 24.2. The summed E-state index contributed by atoms with van der Waals surface area (Å²) in [6.07, 6.45) is 1.62. The van der Waals surface area contributed by atoms with Gasteiger partial charge in [0.05, 0.1) is 30.4 Å². The second-order valence-electron chi connectivity index (χ2n) is 9.07. The molecular weight excluding hydrogens is 474 g/mol. The molecule has 0 radical (unpaired) electrons. The van der Waals surface area contributed by atoms with Gasteiger partial charge in [-0.2, -0.15) is 4.98 Å². The summed E-state index contributed by atoms with van der Waals surface area (Å²) in [5.74, 6) is 6.63. The van der Waals surface area contributed by atoms with Crippen molar-refractivity contribution in [2.45, 2.75) is 45.8 Å². The van der Waals surface area contributed by atoms with Gasteiger partial charge in [-0.25, -0.2) is 14.8 Å². The molecule has 1 aliphatic heterocycles. The third-order valence-electron chi connectivity index (χ3n) is 6.63. The molecule has 0 amide bonds. The number of nitroso groups, excluding NO2 is 1. The van der Waals surface area contributed by atoms with Gasteiger partial charge in [-0.05, 0) is 32.8 Å². The van der Waals surface area contributed by atoms with E-state index in [4.69, 9.17) is 0 Å². The quantitative estimate of drug-likeness (QED) is 0.312. The lowest BCUT2D eigenvalue weighted by Crippen LogP contribution is -2.40. The molecule has 37 heavy (non-hydrogen) atoms. The van der Waals surface area contributed by atoms with Crippen LogP contribution in [0.2, 0.25) is 0 Å². The number of imidazole rings is 1. The number of hydrogen-bond acceptors (Lipinski definition) is 8. The van der Waals surface area contributed by atoms with Crippen LogP contribution in [0, 0.1) is 23.7 Å².